The first-order chi connectivity index (χ1) is 17.0. The Balaban J connectivity index is 1.41. The summed E-state index contributed by atoms with van der Waals surface area (Å²) in [7, 11) is 1.13. The largest absolute Gasteiger partial charge is 0.497 e. The first-order valence-corrected chi connectivity index (χ1v) is 13.7. The molecule has 0 radical (unpaired) electrons. The monoisotopic (exact) mass is 493 g/mol. The van der Waals surface area contributed by atoms with Gasteiger partial charge in [-0.05, 0) is 64.3 Å². The van der Waals surface area contributed by atoms with Gasteiger partial charge in [0.2, 0.25) is 11.9 Å². The molecule has 9 heteroatoms. The maximum Gasteiger partial charge on any atom is 0.229 e. The molecule has 2 N–H and O–H groups in total. The number of fused-ring (bicyclic) bond motifs is 1. The summed E-state index contributed by atoms with van der Waals surface area (Å²) < 4.78 is 7.99. The van der Waals surface area contributed by atoms with E-state index in [1.54, 1.807) is 6.20 Å². The fraction of sp³-hybridized carbons (Fsp3) is 0.423. The normalized spacial score (nSPS) is 15.6. The highest BCUT2D eigenvalue weighted by atomic mass is 31.1. The standard InChI is InChI=1S/C26H36N7OP/c1-19(2)33-24-23(30-26(33)29-22-8-6-5-7-9-22)18-27-25(31-24)28-20(3)10-11-21(4)34-15-12-32-13-16-35-17-14-32/h5-11,18-19,35H,12-17H2,1-4H3,(H,29,30)(H,27,28,31)/b20-10+,21-11+. The molecule has 1 aliphatic heterocycles. The maximum absolute atomic E-state index is 5.90. The Morgan fingerprint density at radius 1 is 1.11 bits per heavy atom. The topological polar surface area (TPSA) is 80.1 Å². The molecule has 3 aromatic rings. The highest BCUT2D eigenvalue weighted by Crippen LogP contribution is 2.26. The Labute approximate surface area is 209 Å². The third-order valence-corrected chi connectivity index (χ3v) is 6.96. The van der Waals surface area contributed by atoms with Crippen molar-refractivity contribution in [2.45, 2.75) is 33.7 Å². The van der Waals surface area contributed by atoms with Crippen LogP contribution in [0.1, 0.15) is 33.7 Å². The average molecular weight is 494 g/mol. The Morgan fingerprint density at radius 2 is 1.89 bits per heavy atom. The smallest absolute Gasteiger partial charge is 0.229 e. The lowest BCUT2D eigenvalue weighted by atomic mass is 10.3. The molecule has 0 amide bonds. The van der Waals surface area contributed by atoms with Crippen molar-refractivity contribution in [1.29, 1.82) is 0 Å². The van der Waals surface area contributed by atoms with Gasteiger partial charge < -0.3 is 15.4 Å². The second kappa shape index (κ2) is 12.1. The molecular formula is C26H36N7OP. The molecule has 1 saturated heterocycles. The summed E-state index contributed by atoms with van der Waals surface area (Å²) in [5.41, 5.74) is 3.46. The summed E-state index contributed by atoms with van der Waals surface area (Å²) >= 11 is 0. The van der Waals surface area contributed by atoms with E-state index in [1.165, 1.54) is 25.4 Å². The highest BCUT2D eigenvalue weighted by Gasteiger charge is 2.16. The molecule has 8 nitrogen and oxygen atoms in total. The van der Waals surface area contributed by atoms with E-state index in [9.17, 15) is 0 Å². The molecule has 4 rings (SSSR count). The number of benzene rings is 1. The minimum Gasteiger partial charge on any atom is -0.497 e. The molecule has 2 aromatic heterocycles. The molecule has 35 heavy (non-hydrogen) atoms. The number of nitrogens with zero attached hydrogens (tertiary/aromatic N) is 5. The Hall–Kier alpha value is -2.96. The van der Waals surface area contributed by atoms with Gasteiger partial charge in [0.1, 0.15) is 12.1 Å². The lowest BCUT2D eigenvalue weighted by Gasteiger charge is -2.26. The third kappa shape index (κ3) is 7.03. The Kier molecular flexibility index (Phi) is 8.72. The van der Waals surface area contributed by atoms with E-state index in [0.29, 0.717) is 5.95 Å². The SMILES string of the molecule is C/C(=C\C=C(/C)OCCN1CCPCC1)Nc1ncc2nc(Nc3ccccc3)n(C(C)C)c2n1. The minimum absolute atomic E-state index is 0.179. The van der Waals surface area contributed by atoms with Crippen molar-refractivity contribution < 1.29 is 4.74 Å². The van der Waals surface area contributed by atoms with E-state index in [1.807, 2.05) is 56.3 Å². The second-order valence-electron chi connectivity index (χ2n) is 8.98. The van der Waals surface area contributed by atoms with Crippen LogP contribution in [0.15, 0.2) is 60.1 Å². The summed E-state index contributed by atoms with van der Waals surface area (Å²) in [6, 6.07) is 10.2. The molecule has 0 bridgehead atoms. The molecule has 0 spiro atoms. The highest BCUT2D eigenvalue weighted by molar-refractivity contribution is 7.38. The van der Waals surface area contributed by atoms with Gasteiger partial charge in [-0.15, -0.1) is 8.58 Å². The van der Waals surface area contributed by atoms with Gasteiger partial charge in [0.15, 0.2) is 5.65 Å². The minimum atomic E-state index is 0.179. The van der Waals surface area contributed by atoms with Crippen molar-refractivity contribution >= 4 is 37.3 Å². The number of hydrogen-bond acceptors (Lipinski definition) is 7. The first kappa shape index (κ1) is 25.1. The fourth-order valence-corrected chi connectivity index (χ4v) is 5.16. The summed E-state index contributed by atoms with van der Waals surface area (Å²) in [4.78, 5) is 16.5. The van der Waals surface area contributed by atoms with Gasteiger partial charge in [-0.25, -0.2) is 9.97 Å². The van der Waals surface area contributed by atoms with Crippen LogP contribution in [0.5, 0.6) is 0 Å². The van der Waals surface area contributed by atoms with Gasteiger partial charge in [-0.1, -0.05) is 18.2 Å². The summed E-state index contributed by atoms with van der Waals surface area (Å²) in [6.45, 7) is 12.4. The van der Waals surface area contributed by atoms with E-state index in [4.69, 9.17) is 14.7 Å². The average Bonchev–Trinajstić information content (AvgIpc) is 3.21. The van der Waals surface area contributed by atoms with E-state index in [2.05, 4.69) is 38.9 Å². The van der Waals surface area contributed by atoms with Crippen LogP contribution in [0.3, 0.4) is 0 Å². The van der Waals surface area contributed by atoms with Crippen LogP contribution in [0.4, 0.5) is 17.6 Å². The predicted octanol–water partition coefficient (Wildman–Crippen LogP) is 5.38. The number of allylic oxidation sites excluding steroid dienone is 4. The van der Waals surface area contributed by atoms with Crippen LogP contribution in [-0.4, -0.2) is 63.0 Å². The first-order valence-electron chi connectivity index (χ1n) is 12.2. The van der Waals surface area contributed by atoms with Gasteiger partial charge in [-0.3, -0.25) is 9.47 Å². The van der Waals surface area contributed by atoms with Gasteiger partial charge >= 0.3 is 0 Å². The second-order valence-corrected chi connectivity index (χ2v) is 10.5. The van der Waals surface area contributed by atoms with E-state index < -0.39 is 0 Å². The number of aromatic nitrogens is 4. The molecular weight excluding hydrogens is 457 g/mol. The number of imidazole rings is 1. The van der Waals surface area contributed by atoms with Crippen LogP contribution in [0.25, 0.3) is 11.2 Å². The van der Waals surface area contributed by atoms with Gasteiger partial charge in [0.25, 0.3) is 0 Å². The lowest BCUT2D eigenvalue weighted by Crippen LogP contribution is -2.34. The van der Waals surface area contributed by atoms with Crippen molar-refractivity contribution in [2.75, 3.05) is 49.2 Å². The molecule has 0 saturated carbocycles. The van der Waals surface area contributed by atoms with E-state index in [-0.39, 0.29) is 6.04 Å². The zero-order valence-corrected chi connectivity index (χ0v) is 22.1. The van der Waals surface area contributed by atoms with Gasteiger partial charge in [0, 0.05) is 37.1 Å². The van der Waals surface area contributed by atoms with Crippen LogP contribution in [-0.2, 0) is 4.74 Å². The van der Waals surface area contributed by atoms with Gasteiger partial charge in [0.05, 0.1) is 12.0 Å². The summed E-state index contributed by atoms with van der Waals surface area (Å²) in [5, 5.41) is 6.69. The van der Waals surface area contributed by atoms with Crippen LogP contribution < -0.4 is 10.6 Å². The number of rotatable bonds is 10. The molecule has 1 aliphatic rings. The molecule has 1 aromatic carbocycles. The van der Waals surface area contributed by atoms with Crippen molar-refractivity contribution in [3.63, 3.8) is 0 Å². The number of ether oxygens (including phenoxy) is 1. The molecule has 186 valence electrons. The van der Waals surface area contributed by atoms with E-state index in [0.717, 1.165) is 56.0 Å². The van der Waals surface area contributed by atoms with Crippen molar-refractivity contribution in [3.05, 3.63) is 60.1 Å². The zero-order chi connectivity index (χ0) is 24.6. The molecule has 1 fully saturated rings. The number of nitrogens with one attached hydrogen (secondary N) is 2. The maximum atomic E-state index is 5.90. The summed E-state index contributed by atoms with van der Waals surface area (Å²) in [5.74, 6) is 2.19. The fourth-order valence-electron chi connectivity index (χ4n) is 3.96. The van der Waals surface area contributed by atoms with Crippen LogP contribution >= 0.6 is 8.58 Å². The summed E-state index contributed by atoms with van der Waals surface area (Å²) in [6.07, 6.45) is 8.40. The van der Waals surface area contributed by atoms with Crippen LogP contribution in [0.2, 0.25) is 0 Å². The molecule has 0 unspecified atom stereocenters. The van der Waals surface area contributed by atoms with Crippen molar-refractivity contribution in [3.8, 4) is 0 Å². The molecule has 0 atom stereocenters. The molecule has 3 heterocycles. The Bertz CT molecular complexity index is 1170. The zero-order valence-electron chi connectivity index (χ0n) is 21.1. The molecule has 0 aliphatic carbocycles. The third-order valence-electron chi connectivity index (χ3n) is 5.80. The van der Waals surface area contributed by atoms with Crippen LogP contribution in [0, 0.1) is 0 Å². The van der Waals surface area contributed by atoms with Crippen molar-refractivity contribution in [2.24, 2.45) is 0 Å². The van der Waals surface area contributed by atoms with Crippen molar-refractivity contribution in [1.82, 2.24) is 24.4 Å². The lowest BCUT2D eigenvalue weighted by molar-refractivity contribution is 0.164. The Morgan fingerprint density at radius 3 is 2.63 bits per heavy atom. The number of hydrogen-bond donors (Lipinski definition) is 2. The number of para-hydroxylation sites is 1. The van der Waals surface area contributed by atoms with E-state index >= 15 is 0 Å². The van der Waals surface area contributed by atoms with Gasteiger partial charge in [-0.2, -0.15) is 4.98 Å². The predicted molar refractivity (Wildman–Crippen MR) is 147 cm³/mol. The number of anilines is 3. The quantitative estimate of drug-likeness (QED) is 0.223.